The lowest BCUT2D eigenvalue weighted by Gasteiger charge is -2.04. The van der Waals surface area contributed by atoms with Gasteiger partial charge >= 0.3 is 0 Å². The Morgan fingerprint density at radius 3 is 1.36 bits per heavy atom. The van der Waals surface area contributed by atoms with E-state index >= 15 is 0 Å². The molecule has 22 heavy (non-hydrogen) atoms. The molecule has 0 amide bonds. The van der Waals surface area contributed by atoms with E-state index in [1.165, 1.54) is 95.7 Å². The van der Waals surface area contributed by atoms with Crippen LogP contribution in [0.2, 0.25) is 0 Å². The fourth-order valence-corrected chi connectivity index (χ4v) is 2.75. The SMILES string of the molecule is CCCCCCCCCCCCCCCCNC(C)=[N+](C)C. The maximum atomic E-state index is 3.47. The molecular weight excluding hydrogens is 268 g/mol. The molecule has 0 atom stereocenters. The van der Waals surface area contributed by atoms with Gasteiger partial charge in [-0.05, 0) is 12.8 Å². The molecule has 0 spiro atoms. The van der Waals surface area contributed by atoms with Crippen molar-refractivity contribution < 1.29 is 4.58 Å². The summed E-state index contributed by atoms with van der Waals surface area (Å²) < 4.78 is 2.14. The van der Waals surface area contributed by atoms with Gasteiger partial charge in [-0.2, -0.15) is 0 Å². The van der Waals surface area contributed by atoms with Gasteiger partial charge in [0.05, 0.1) is 20.6 Å². The van der Waals surface area contributed by atoms with Gasteiger partial charge in [-0.25, -0.2) is 0 Å². The molecule has 0 saturated carbocycles. The van der Waals surface area contributed by atoms with Crippen LogP contribution in [0.15, 0.2) is 0 Å². The average Bonchev–Trinajstić information content (AvgIpc) is 2.50. The van der Waals surface area contributed by atoms with E-state index in [0.717, 1.165) is 6.54 Å². The Balaban J connectivity index is 3.07. The fourth-order valence-electron chi connectivity index (χ4n) is 2.75. The van der Waals surface area contributed by atoms with Crippen LogP contribution in [0.5, 0.6) is 0 Å². The molecule has 0 rings (SSSR count). The second-order valence-corrected chi connectivity index (χ2v) is 7.00. The number of amidine groups is 1. The van der Waals surface area contributed by atoms with Crippen LogP contribution < -0.4 is 5.32 Å². The molecule has 0 aliphatic carbocycles. The largest absolute Gasteiger partial charge is 0.279 e. The molecule has 0 aromatic carbocycles. The zero-order chi connectivity index (χ0) is 16.5. The predicted molar refractivity (Wildman–Crippen MR) is 101 cm³/mol. The van der Waals surface area contributed by atoms with Gasteiger partial charge < -0.3 is 0 Å². The zero-order valence-electron chi connectivity index (χ0n) is 16.1. The Hall–Kier alpha value is -0.530. The fraction of sp³-hybridized carbons (Fsp3) is 0.950. The maximum absolute atomic E-state index is 3.47. The zero-order valence-corrected chi connectivity index (χ0v) is 16.1. The summed E-state index contributed by atoms with van der Waals surface area (Å²) in [5.41, 5.74) is 0. The van der Waals surface area contributed by atoms with Gasteiger partial charge in [-0.3, -0.25) is 9.89 Å². The van der Waals surface area contributed by atoms with Crippen LogP contribution in [-0.4, -0.2) is 31.1 Å². The smallest absolute Gasteiger partial charge is 0.241 e. The second-order valence-electron chi connectivity index (χ2n) is 7.00. The molecule has 0 radical (unpaired) electrons. The highest BCUT2D eigenvalue weighted by molar-refractivity contribution is 5.74. The highest BCUT2D eigenvalue weighted by atomic mass is 15.1. The van der Waals surface area contributed by atoms with E-state index in [-0.39, 0.29) is 0 Å². The monoisotopic (exact) mass is 311 g/mol. The van der Waals surface area contributed by atoms with Gasteiger partial charge in [0, 0.05) is 6.92 Å². The van der Waals surface area contributed by atoms with Gasteiger partial charge in [0.2, 0.25) is 5.84 Å². The van der Waals surface area contributed by atoms with Crippen molar-refractivity contribution in [2.75, 3.05) is 20.6 Å². The number of unbranched alkanes of at least 4 members (excludes halogenated alkanes) is 13. The average molecular weight is 312 g/mol. The lowest BCUT2D eigenvalue weighted by Crippen LogP contribution is -2.28. The number of nitrogens with one attached hydrogen (secondary N) is 1. The number of nitrogens with zero attached hydrogens (tertiary/aromatic N) is 1. The first-order valence-corrected chi connectivity index (χ1v) is 9.93. The van der Waals surface area contributed by atoms with Crippen molar-refractivity contribution in [2.45, 2.75) is 104 Å². The molecule has 0 bridgehead atoms. The minimum atomic E-state index is 1.13. The summed E-state index contributed by atoms with van der Waals surface area (Å²) in [6.45, 7) is 5.56. The van der Waals surface area contributed by atoms with Gasteiger partial charge in [0.25, 0.3) is 0 Å². The van der Waals surface area contributed by atoms with Crippen molar-refractivity contribution >= 4 is 5.84 Å². The van der Waals surface area contributed by atoms with Crippen molar-refractivity contribution in [2.24, 2.45) is 0 Å². The molecular formula is C20H43N2+. The third-order valence-electron chi connectivity index (χ3n) is 4.58. The van der Waals surface area contributed by atoms with Gasteiger partial charge in [-0.15, -0.1) is 0 Å². The molecule has 0 aliphatic rings. The molecule has 2 nitrogen and oxygen atoms in total. The third kappa shape index (κ3) is 15.9. The van der Waals surface area contributed by atoms with Crippen molar-refractivity contribution in [3.8, 4) is 0 Å². The van der Waals surface area contributed by atoms with Crippen LogP contribution in [0.3, 0.4) is 0 Å². The van der Waals surface area contributed by atoms with Gasteiger partial charge in [0.15, 0.2) is 0 Å². The summed E-state index contributed by atoms with van der Waals surface area (Å²) >= 11 is 0. The highest BCUT2D eigenvalue weighted by Crippen LogP contribution is 2.12. The summed E-state index contributed by atoms with van der Waals surface area (Å²) in [7, 11) is 4.18. The van der Waals surface area contributed by atoms with Crippen molar-refractivity contribution in [1.82, 2.24) is 5.32 Å². The number of rotatable bonds is 15. The predicted octanol–water partition coefficient (Wildman–Crippen LogP) is 5.75. The van der Waals surface area contributed by atoms with E-state index < -0.39 is 0 Å². The number of hydrogen-bond acceptors (Lipinski definition) is 0. The summed E-state index contributed by atoms with van der Waals surface area (Å²) in [5, 5.41) is 3.47. The van der Waals surface area contributed by atoms with Crippen LogP contribution >= 0.6 is 0 Å². The quantitative estimate of drug-likeness (QED) is 0.176. The lowest BCUT2D eigenvalue weighted by atomic mass is 10.0. The first-order chi connectivity index (χ1) is 10.7. The topological polar surface area (TPSA) is 15.0 Å². The van der Waals surface area contributed by atoms with Crippen LogP contribution in [0.1, 0.15) is 104 Å². The first-order valence-electron chi connectivity index (χ1n) is 9.93. The first kappa shape index (κ1) is 21.5. The summed E-state index contributed by atoms with van der Waals surface area (Å²) in [4.78, 5) is 0. The molecule has 0 aliphatic heterocycles. The normalized spacial score (nSPS) is 10.7. The van der Waals surface area contributed by atoms with Gasteiger partial charge in [0.1, 0.15) is 0 Å². The minimum absolute atomic E-state index is 1.13. The molecule has 0 saturated heterocycles. The minimum Gasteiger partial charge on any atom is -0.279 e. The Morgan fingerprint density at radius 1 is 0.636 bits per heavy atom. The molecule has 132 valence electrons. The Morgan fingerprint density at radius 2 is 1.00 bits per heavy atom. The molecule has 0 fully saturated rings. The molecule has 1 N–H and O–H groups in total. The second kappa shape index (κ2) is 16.8. The van der Waals surface area contributed by atoms with E-state index in [4.69, 9.17) is 0 Å². The van der Waals surface area contributed by atoms with Crippen LogP contribution in [0.4, 0.5) is 0 Å². The van der Waals surface area contributed by atoms with E-state index in [9.17, 15) is 0 Å². The van der Waals surface area contributed by atoms with Crippen LogP contribution in [0, 0.1) is 0 Å². The Kier molecular flexibility index (Phi) is 16.4. The summed E-state index contributed by atoms with van der Waals surface area (Å²) in [6.07, 6.45) is 20.0. The molecule has 0 heterocycles. The maximum Gasteiger partial charge on any atom is 0.241 e. The summed E-state index contributed by atoms with van der Waals surface area (Å²) in [6, 6.07) is 0. The van der Waals surface area contributed by atoms with E-state index in [2.05, 4.69) is 37.8 Å². The molecule has 0 aromatic rings. The van der Waals surface area contributed by atoms with E-state index in [0.29, 0.717) is 0 Å². The molecule has 0 aromatic heterocycles. The van der Waals surface area contributed by atoms with Crippen LogP contribution in [-0.2, 0) is 0 Å². The van der Waals surface area contributed by atoms with E-state index in [1.54, 1.807) is 0 Å². The highest BCUT2D eigenvalue weighted by Gasteiger charge is 1.98. The van der Waals surface area contributed by atoms with Crippen molar-refractivity contribution in [3.63, 3.8) is 0 Å². The van der Waals surface area contributed by atoms with Gasteiger partial charge in [-0.1, -0.05) is 84.0 Å². The molecule has 2 heteroatoms. The van der Waals surface area contributed by atoms with Crippen molar-refractivity contribution in [1.29, 1.82) is 0 Å². The molecule has 0 unspecified atom stereocenters. The number of hydrogen-bond donors (Lipinski definition) is 1. The van der Waals surface area contributed by atoms with Crippen LogP contribution in [0.25, 0.3) is 0 Å². The Bertz CT molecular complexity index is 254. The van der Waals surface area contributed by atoms with Crippen molar-refractivity contribution in [3.05, 3.63) is 0 Å². The summed E-state index contributed by atoms with van der Waals surface area (Å²) in [5.74, 6) is 1.27. The third-order valence-corrected chi connectivity index (χ3v) is 4.58. The Labute approximate surface area is 140 Å². The standard InChI is InChI=1S/C20H42N2/c1-5-6-7-8-9-10-11-12-13-14-15-16-17-18-19-21-20(2)22(3)4/h5-19H2,1-4H3/p+1. The van der Waals surface area contributed by atoms with E-state index in [1.807, 2.05) is 0 Å². The lowest BCUT2D eigenvalue weighted by molar-refractivity contribution is -0.467.